The normalized spacial score (nSPS) is 15.2. The lowest BCUT2D eigenvalue weighted by molar-refractivity contribution is -0.157. The number of unbranched alkanes of at least 4 members (excludes halogenated alkanes) is 14. The van der Waals surface area contributed by atoms with E-state index in [4.69, 9.17) is 130 Å². The molecule has 2 amide bonds. The van der Waals surface area contributed by atoms with Crippen molar-refractivity contribution < 1.29 is 153 Å². The molecular formula is C84H157N5O32. The summed E-state index contributed by atoms with van der Waals surface area (Å²) in [7, 11) is 0. The zero-order valence-corrected chi connectivity index (χ0v) is 73.1. The first kappa shape index (κ1) is 111. The quantitative estimate of drug-likeness (QED) is 0.0249. The summed E-state index contributed by atoms with van der Waals surface area (Å²) in [6.45, 7) is 22.2. The molecule has 2 aliphatic carbocycles. The van der Waals surface area contributed by atoms with Gasteiger partial charge >= 0.3 is 24.0 Å². The monoisotopic (exact) mass is 1750 g/mol. The van der Waals surface area contributed by atoms with Crippen molar-refractivity contribution in [1.29, 1.82) is 0 Å². The number of hydrogen-bond donors (Lipinski definition) is 7. The number of hydrogen-bond acceptors (Lipinski definition) is 32. The fourth-order valence-corrected chi connectivity index (χ4v) is 13.2. The SMILES string of the molecule is NC(=O)OC[C@@H]1C2CCC3=C(CCC21)N(CCOCCOCCOCCOCCOCCOCCOCCOCCOCCOCCOCCOCCOCCOCCOCCOCCOCCOCCOCCOCCOCCOCCOCCNC(=O)C(CCCCCCCCCCC(=O)O)(CCCCCCCCCCC(=O)O)C(=O)O)NN3. The highest BCUT2D eigenvalue weighted by Crippen LogP contribution is 2.54. The van der Waals surface area contributed by atoms with Crippen LogP contribution in [0.25, 0.3) is 0 Å². The first-order chi connectivity index (χ1) is 59.5. The number of carboxylic acid groups (broad SMARTS) is 3. The van der Waals surface area contributed by atoms with Crippen LogP contribution in [0.1, 0.15) is 154 Å². The van der Waals surface area contributed by atoms with E-state index in [2.05, 4.69) is 21.3 Å². The minimum atomic E-state index is -1.52. The molecule has 2 unspecified atom stereocenters. The van der Waals surface area contributed by atoms with Gasteiger partial charge in [0.2, 0.25) is 5.91 Å². The molecule has 0 aromatic rings. The van der Waals surface area contributed by atoms with Crippen molar-refractivity contribution in [1.82, 2.24) is 21.3 Å². The average Bonchev–Trinajstić information content (AvgIpc) is 1.62. The summed E-state index contributed by atoms with van der Waals surface area (Å²) in [5.41, 5.74) is 12.8. The van der Waals surface area contributed by atoms with Crippen LogP contribution >= 0.6 is 0 Å². The van der Waals surface area contributed by atoms with Gasteiger partial charge in [-0.1, -0.05) is 89.9 Å². The highest BCUT2D eigenvalue weighted by Gasteiger charge is 2.51. The third-order valence-electron chi connectivity index (χ3n) is 19.9. The van der Waals surface area contributed by atoms with E-state index >= 15 is 0 Å². The van der Waals surface area contributed by atoms with Crippen LogP contribution in [0.4, 0.5) is 4.79 Å². The number of nitrogens with two attached hydrogens (primary N) is 1. The number of nitrogens with one attached hydrogen (secondary N) is 3. The van der Waals surface area contributed by atoms with Gasteiger partial charge in [0, 0.05) is 25.1 Å². The number of carbonyl (C=O) groups excluding carboxylic acids is 2. The number of carboxylic acids is 3. The molecule has 121 heavy (non-hydrogen) atoms. The number of nitrogens with zero attached hydrogens (tertiary/aromatic N) is 1. The molecule has 0 bridgehead atoms. The predicted octanol–water partition coefficient (Wildman–Crippen LogP) is 6.59. The Morgan fingerprint density at radius 2 is 0.570 bits per heavy atom. The molecule has 0 aromatic heterocycles. The summed E-state index contributed by atoms with van der Waals surface area (Å²) >= 11 is 0. The van der Waals surface area contributed by atoms with Crippen LogP contribution in [-0.4, -0.2) is 374 Å². The predicted molar refractivity (Wildman–Crippen MR) is 444 cm³/mol. The van der Waals surface area contributed by atoms with Crippen LogP contribution in [0, 0.1) is 23.2 Å². The molecule has 3 atom stereocenters. The van der Waals surface area contributed by atoms with Crippen LogP contribution in [-0.2, 0) is 133 Å². The first-order valence-corrected chi connectivity index (χ1v) is 44.7. The number of carbonyl (C=O) groups is 5. The van der Waals surface area contributed by atoms with Gasteiger partial charge in [0.25, 0.3) is 0 Å². The van der Waals surface area contributed by atoms with Crippen molar-refractivity contribution in [2.24, 2.45) is 28.9 Å². The van der Waals surface area contributed by atoms with Crippen LogP contribution in [0.2, 0.25) is 0 Å². The highest BCUT2D eigenvalue weighted by molar-refractivity contribution is 6.01. The third-order valence-corrected chi connectivity index (χ3v) is 19.9. The summed E-state index contributed by atoms with van der Waals surface area (Å²) in [6.07, 6.45) is 18.1. The molecule has 1 heterocycles. The minimum absolute atomic E-state index is 0.181. The number of aliphatic carboxylic acids is 3. The topological polar surface area (TPSA) is 433 Å². The number of rotatable bonds is 98. The van der Waals surface area contributed by atoms with Gasteiger partial charge in [-0.2, -0.15) is 0 Å². The van der Waals surface area contributed by atoms with E-state index in [-0.39, 0.29) is 38.8 Å². The summed E-state index contributed by atoms with van der Waals surface area (Å²) < 4.78 is 133. The molecule has 37 nitrogen and oxygen atoms in total. The van der Waals surface area contributed by atoms with E-state index < -0.39 is 35.3 Å². The summed E-state index contributed by atoms with van der Waals surface area (Å²) in [4.78, 5) is 58.9. The Hall–Kier alpha value is -4.47. The van der Waals surface area contributed by atoms with E-state index in [0.717, 1.165) is 109 Å². The van der Waals surface area contributed by atoms with Crippen LogP contribution < -0.4 is 22.0 Å². The molecule has 3 aliphatic rings. The molecule has 0 spiro atoms. The fourth-order valence-electron chi connectivity index (χ4n) is 13.2. The fraction of sp³-hybridized carbons (Fsp3) is 0.917. The molecule has 8 N–H and O–H groups in total. The van der Waals surface area contributed by atoms with E-state index in [0.29, 0.717) is 347 Å². The summed E-state index contributed by atoms with van der Waals surface area (Å²) in [5, 5.41) is 33.1. The van der Waals surface area contributed by atoms with Crippen molar-refractivity contribution in [2.75, 3.05) is 324 Å². The maximum absolute atomic E-state index is 13.6. The summed E-state index contributed by atoms with van der Waals surface area (Å²) in [5.74, 6) is -1.50. The lowest BCUT2D eigenvalue weighted by atomic mass is 9.76. The van der Waals surface area contributed by atoms with Gasteiger partial charge in [-0.05, 0) is 69.1 Å². The Bertz CT molecular complexity index is 2390. The number of primary amides is 1. The maximum Gasteiger partial charge on any atom is 0.404 e. The molecule has 37 heteroatoms. The molecule has 710 valence electrons. The molecular weight excluding hydrogens is 1590 g/mol. The van der Waals surface area contributed by atoms with Gasteiger partial charge in [-0.3, -0.25) is 24.2 Å². The standard InChI is InChI=1S/C84H157N5O32/c85-83(97)121-73-76-74-19-21-77-78(22-20-75(74)76)89(88-87-77)26-28-99-30-32-101-34-36-103-38-40-105-42-44-107-46-48-109-50-52-111-54-56-113-58-60-115-62-64-117-66-68-119-70-72-120-71-69-118-67-65-116-63-61-114-59-57-112-55-53-110-51-49-108-47-45-106-43-41-104-39-37-102-35-33-100-31-29-98-27-25-86-81(94)84(82(95)96,23-15-11-7-3-1-5-9-13-17-79(90)91)24-16-12-8-4-2-6-10-14-18-80(92)93/h74-76,87-88H,1-73H2,(H2,85,97)(H,86,94)(H,90,91)(H,92,93)(H,95,96)/t74?,75?,76-/m1/s1. The number of hydrazine groups is 2. The van der Waals surface area contributed by atoms with Gasteiger partial charge < -0.3 is 145 Å². The number of amides is 2. The Morgan fingerprint density at radius 3 is 0.826 bits per heavy atom. The Balaban J connectivity index is 0.904. The van der Waals surface area contributed by atoms with E-state index in [9.17, 15) is 29.1 Å². The van der Waals surface area contributed by atoms with Crippen molar-refractivity contribution in [3.05, 3.63) is 11.4 Å². The van der Waals surface area contributed by atoms with Gasteiger partial charge in [0.05, 0.1) is 323 Å². The number of allylic oxidation sites excluding steroid dienone is 2. The number of ether oxygens (including phenoxy) is 24. The van der Waals surface area contributed by atoms with Crippen molar-refractivity contribution in [2.45, 2.75) is 154 Å². The van der Waals surface area contributed by atoms with Gasteiger partial charge in [0.15, 0.2) is 0 Å². The zero-order valence-electron chi connectivity index (χ0n) is 73.1. The van der Waals surface area contributed by atoms with E-state index in [1.165, 1.54) is 11.4 Å². The summed E-state index contributed by atoms with van der Waals surface area (Å²) in [6, 6.07) is 0. The molecule has 1 aliphatic heterocycles. The lowest BCUT2D eigenvalue weighted by Gasteiger charge is -2.28. The molecule has 3 rings (SSSR count). The second-order valence-corrected chi connectivity index (χ2v) is 29.2. The van der Waals surface area contributed by atoms with Crippen LogP contribution in [0.5, 0.6) is 0 Å². The largest absolute Gasteiger partial charge is 0.481 e. The Morgan fingerprint density at radius 1 is 0.331 bits per heavy atom. The Kier molecular flexibility index (Phi) is 76.6. The Labute approximate surface area is 719 Å². The van der Waals surface area contributed by atoms with Gasteiger partial charge in [0.1, 0.15) is 5.41 Å². The van der Waals surface area contributed by atoms with Gasteiger partial charge in [-0.25, -0.2) is 4.79 Å². The average molecular weight is 1750 g/mol. The first-order valence-electron chi connectivity index (χ1n) is 44.7. The molecule has 1 saturated carbocycles. The second-order valence-electron chi connectivity index (χ2n) is 29.2. The molecule has 0 aromatic carbocycles. The van der Waals surface area contributed by atoms with Crippen molar-refractivity contribution in [3.63, 3.8) is 0 Å². The van der Waals surface area contributed by atoms with Crippen molar-refractivity contribution in [3.8, 4) is 0 Å². The van der Waals surface area contributed by atoms with Crippen molar-refractivity contribution >= 4 is 29.9 Å². The number of fused-ring (bicyclic) bond motifs is 1. The molecule has 0 saturated heterocycles. The molecule has 0 radical (unpaired) electrons. The lowest BCUT2D eigenvalue weighted by Crippen LogP contribution is -2.47. The van der Waals surface area contributed by atoms with E-state index in [1.54, 1.807) is 0 Å². The van der Waals surface area contributed by atoms with E-state index in [1.807, 2.05) is 0 Å². The smallest absolute Gasteiger partial charge is 0.404 e. The van der Waals surface area contributed by atoms with Gasteiger partial charge in [-0.15, -0.1) is 5.53 Å². The minimum Gasteiger partial charge on any atom is -0.481 e. The van der Waals surface area contributed by atoms with Crippen LogP contribution in [0.3, 0.4) is 0 Å². The second kappa shape index (κ2) is 83.7. The van der Waals surface area contributed by atoms with Crippen LogP contribution in [0.15, 0.2) is 11.4 Å². The maximum atomic E-state index is 13.6. The third kappa shape index (κ3) is 67.5. The highest BCUT2D eigenvalue weighted by atomic mass is 16.6. The molecule has 1 fully saturated rings. The zero-order chi connectivity index (χ0) is 86.6.